The molecule has 0 aliphatic heterocycles. The first kappa shape index (κ1) is 64.0. The summed E-state index contributed by atoms with van der Waals surface area (Å²) < 4.78 is 10.1. The van der Waals surface area contributed by atoms with E-state index >= 15 is 0 Å². The van der Waals surface area contributed by atoms with Crippen molar-refractivity contribution in [3.63, 3.8) is 0 Å². The highest BCUT2D eigenvalue weighted by atomic mass is 32.1. The van der Waals surface area contributed by atoms with E-state index in [9.17, 15) is 0 Å². The summed E-state index contributed by atoms with van der Waals surface area (Å²) in [4.78, 5) is 0. The molecule has 0 atom stereocenters. The van der Waals surface area contributed by atoms with Crippen molar-refractivity contribution >= 4 is 107 Å². The Morgan fingerprint density at radius 1 is 0.152 bits per heavy atom. The minimum Gasteiger partial charge on any atom is -0.309 e. The Bertz CT molecular complexity index is 7620. The third kappa shape index (κ3) is 10.1. The van der Waals surface area contributed by atoms with Gasteiger partial charge in [-0.2, -0.15) is 0 Å². The zero-order valence-corrected chi connectivity index (χ0v) is 62.4. The number of rotatable bonds is 6. The summed E-state index contributed by atoms with van der Waals surface area (Å²) in [5.74, 6) is 0. The fraction of sp³-hybridized carbons (Fsp3) is 0. The van der Waals surface area contributed by atoms with E-state index in [2.05, 4.69) is 410 Å². The molecule has 0 fully saturated rings. The van der Waals surface area contributed by atoms with Crippen molar-refractivity contribution in [2.75, 3.05) is 0 Å². The van der Waals surface area contributed by atoms with Gasteiger partial charge in [-0.05, 0) is 237 Å². The van der Waals surface area contributed by atoms with Gasteiger partial charge in [-0.1, -0.05) is 291 Å². The number of para-hydroxylation sites is 4. The van der Waals surface area contributed by atoms with Gasteiger partial charge < -0.3 is 9.13 Å². The number of nitrogens with zero attached hydrogens (tertiary/aromatic N) is 2. The maximum atomic E-state index is 2.47. The van der Waals surface area contributed by atoms with Gasteiger partial charge in [0.2, 0.25) is 0 Å². The zero-order chi connectivity index (χ0) is 73.5. The van der Waals surface area contributed by atoms with E-state index in [4.69, 9.17) is 0 Å². The highest BCUT2D eigenvalue weighted by Crippen LogP contribution is 2.56. The molecule has 0 bridgehead atoms. The Kier molecular flexibility index (Phi) is 14.8. The highest BCUT2D eigenvalue weighted by Gasteiger charge is 2.30. The van der Waals surface area contributed by atoms with E-state index in [1.807, 2.05) is 22.7 Å². The van der Waals surface area contributed by atoms with Gasteiger partial charge in [0.05, 0.1) is 22.1 Å². The SMILES string of the molecule is c1ccc(-n2c3ccccc3c3cc(-c4cc(-c5ccc6sc7ccccc7c6c5)c5c(c4)-c4ccccc4-c4ccccc4-c4ccccc4-5)ccc32)cc1.c1ccc(-n2c3ccccc3c3cc(-c4cc5c(c(-c6cccc7c6sc6ccccc67)c4)-c4ccccc4-c4ccccc4-c4ccccc4-5)ccc32)cc1. The Morgan fingerprint density at radius 3 is 0.929 bits per heavy atom. The number of benzene rings is 18. The highest BCUT2D eigenvalue weighted by molar-refractivity contribution is 7.26. The molecule has 4 heteroatoms. The van der Waals surface area contributed by atoms with Crippen LogP contribution in [-0.2, 0) is 0 Å². The predicted octanol–water partition coefficient (Wildman–Crippen LogP) is 30.9. The van der Waals surface area contributed by atoms with Crippen LogP contribution in [0.4, 0.5) is 0 Å². The summed E-state index contributed by atoms with van der Waals surface area (Å²) in [6.45, 7) is 0. The number of thiophene rings is 2. The summed E-state index contributed by atoms with van der Waals surface area (Å²) >= 11 is 3.77. The first-order valence-corrected chi connectivity index (χ1v) is 40.2. The number of hydrogen-bond acceptors (Lipinski definition) is 2. The van der Waals surface area contributed by atoms with Crippen LogP contribution in [0.25, 0.3) is 229 Å². The molecule has 0 spiro atoms. The van der Waals surface area contributed by atoms with E-state index in [0.29, 0.717) is 0 Å². The predicted molar refractivity (Wildman–Crippen MR) is 480 cm³/mol. The lowest BCUT2D eigenvalue weighted by atomic mass is 9.77. The number of fused-ring (bicyclic) bond motifs is 28. The molecule has 18 aromatic carbocycles. The molecule has 0 amide bonds. The van der Waals surface area contributed by atoms with Gasteiger partial charge in [-0.15, -0.1) is 22.7 Å². The fourth-order valence-corrected chi connectivity index (χ4v) is 20.9. The van der Waals surface area contributed by atoms with Gasteiger partial charge in [-0.25, -0.2) is 0 Å². The van der Waals surface area contributed by atoms with Gasteiger partial charge in [0.1, 0.15) is 0 Å². The van der Waals surface area contributed by atoms with Gasteiger partial charge in [0, 0.05) is 78.8 Å². The molecular weight excluding hydrogens is 1390 g/mol. The van der Waals surface area contributed by atoms with E-state index in [1.54, 1.807) is 0 Å². The second-order valence-electron chi connectivity index (χ2n) is 29.6. The quantitative estimate of drug-likeness (QED) is 0.157. The molecular formula is C108H66N2S2. The van der Waals surface area contributed by atoms with Crippen molar-refractivity contribution in [2.24, 2.45) is 0 Å². The topological polar surface area (TPSA) is 9.86 Å². The molecule has 0 saturated heterocycles. The largest absolute Gasteiger partial charge is 0.309 e. The van der Waals surface area contributed by atoms with Crippen LogP contribution < -0.4 is 0 Å². The average Bonchev–Trinajstić information content (AvgIpc) is 1.44. The zero-order valence-electron chi connectivity index (χ0n) is 60.8. The molecule has 520 valence electrons. The summed E-state index contributed by atoms with van der Waals surface area (Å²) in [6.07, 6.45) is 0. The van der Waals surface area contributed by atoms with Crippen LogP contribution in [0.3, 0.4) is 0 Å². The van der Waals surface area contributed by atoms with Gasteiger partial charge in [0.25, 0.3) is 0 Å². The lowest BCUT2D eigenvalue weighted by Gasteiger charge is -2.26. The molecule has 2 aliphatic rings. The molecule has 2 aliphatic carbocycles. The van der Waals surface area contributed by atoms with E-state index in [0.717, 1.165) is 0 Å². The summed E-state index contributed by atoms with van der Waals surface area (Å²) in [6, 6.07) is 149. The Morgan fingerprint density at radius 2 is 0.455 bits per heavy atom. The smallest absolute Gasteiger partial charge is 0.0541 e. The number of hydrogen-bond donors (Lipinski definition) is 0. The molecule has 4 heterocycles. The van der Waals surface area contributed by atoms with Crippen molar-refractivity contribution in [3.05, 3.63) is 400 Å². The second-order valence-corrected chi connectivity index (χ2v) is 31.7. The van der Waals surface area contributed by atoms with E-state index in [-0.39, 0.29) is 0 Å². The molecule has 112 heavy (non-hydrogen) atoms. The van der Waals surface area contributed by atoms with Crippen LogP contribution in [-0.4, -0.2) is 9.13 Å². The van der Waals surface area contributed by atoms with Gasteiger partial charge in [0.15, 0.2) is 0 Å². The van der Waals surface area contributed by atoms with Crippen LogP contribution in [0.2, 0.25) is 0 Å². The number of aromatic nitrogens is 2. The van der Waals surface area contributed by atoms with Gasteiger partial charge >= 0.3 is 0 Å². The van der Waals surface area contributed by atoms with Crippen molar-refractivity contribution in [1.29, 1.82) is 0 Å². The summed E-state index contributed by atoms with van der Waals surface area (Å²) in [5, 5.41) is 10.3. The van der Waals surface area contributed by atoms with Crippen LogP contribution >= 0.6 is 22.7 Å². The minimum atomic E-state index is 1.17. The lowest BCUT2D eigenvalue weighted by Crippen LogP contribution is -1.99. The first-order valence-electron chi connectivity index (χ1n) is 38.5. The van der Waals surface area contributed by atoms with Crippen molar-refractivity contribution in [3.8, 4) is 145 Å². The fourth-order valence-electron chi connectivity index (χ4n) is 18.6. The normalized spacial score (nSPS) is 11.9. The van der Waals surface area contributed by atoms with Crippen molar-refractivity contribution in [2.45, 2.75) is 0 Å². The molecule has 24 rings (SSSR count). The van der Waals surface area contributed by atoms with E-state index in [1.165, 1.54) is 229 Å². The average molecular weight is 1460 g/mol. The molecule has 0 saturated carbocycles. The standard InChI is InChI=1S/2C54H33NS/c1-2-15-36(16-3-1)55-50-27-12-10-22-42(50)47-31-34(29-30-51(47)55)35-32-48-41-21-7-6-19-39(41)37-17-4-5-18-38(37)40-20-8-9-24-44(40)53(48)49(33-35)46-26-14-25-45-43-23-11-13-28-52(43)56-54(45)46;1-2-14-37(15-3-1)55-50-24-12-10-21-43(50)47-30-34(26-28-51(47)55)36-32-46(35-27-29-53-48(31-35)44-22-11-13-25-52(44)56-53)54-45-23-9-8-19-41(45)39-17-5-4-16-38(39)40-18-6-7-20-42(40)49(54)33-36/h2*1-33H. The third-order valence-corrected chi connectivity index (χ3v) is 25.9. The third-order valence-electron chi connectivity index (χ3n) is 23.5. The molecule has 2 nitrogen and oxygen atoms in total. The van der Waals surface area contributed by atoms with Crippen molar-refractivity contribution in [1.82, 2.24) is 9.13 Å². The molecule has 0 radical (unpaired) electrons. The van der Waals surface area contributed by atoms with E-state index < -0.39 is 0 Å². The van der Waals surface area contributed by atoms with Crippen LogP contribution in [0.15, 0.2) is 400 Å². The molecule has 4 aromatic heterocycles. The lowest BCUT2D eigenvalue weighted by molar-refractivity contribution is 1.18. The van der Waals surface area contributed by atoms with Crippen LogP contribution in [0.5, 0.6) is 0 Å². The van der Waals surface area contributed by atoms with Crippen molar-refractivity contribution < 1.29 is 0 Å². The minimum absolute atomic E-state index is 1.17. The van der Waals surface area contributed by atoms with Gasteiger partial charge in [-0.3, -0.25) is 0 Å². The van der Waals surface area contributed by atoms with Crippen LogP contribution in [0, 0.1) is 0 Å². The van der Waals surface area contributed by atoms with Crippen LogP contribution in [0.1, 0.15) is 0 Å². The monoisotopic (exact) mass is 1450 g/mol. The summed E-state index contributed by atoms with van der Waals surface area (Å²) in [5.41, 5.74) is 37.1. The maximum Gasteiger partial charge on any atom is 0.0541 e. The summed E-state index contributed by atoms with van der Waals surface area (Å²) in [7, 11) is 0. The first-order chi connectivity index (χ1) is 55.6. The Hall–Kier alpha value is -14.0. The molecule has 22 aromatic rings. The molecule has 0 unspecified atom stereocenters. The second kappa shape index (κ2) is 25.8. The molecule has 0 N–H and O–H groups in total. The maximum absolute atomic E-state index is 2.47. The Labute approximate surface area is 656 Å². The Balaban J connectivity index is 0.000000134.